The van der Waals surface area contributed by atoms with E-state index < -0.39 is 11.2 Å². The van der Waals surface area contributed by atoms with Crippen LogP contribution in [0.4, 0.5) is 0 Å². The van der Waals surface area contributed by atoms with Crippen molar-refractivity contribution in [3.63, 3.8) is 0 Å². The van der Waals surface area contributed by atoms with Crippen LogP contribution in [0, 0.1) is 11.3 Å². The molecule has 0 aliphatic carbocycles. The minimum absolute atomic E-state index is 0.0133. The van der Waals surface area contributed by atoms with E-state index >= 15 is 0 Å². The number of thioether (sulfide) groups is 1. The highest BCUT2D eigenvalue weighted by molar-refractivity contribution is 8.04. The highest BCUT2D eigenvalue weighted by atomic mass is 32.2. The largest absolute Gasteiger partial charge is 0.457 e. The zero-order valence-corrected chi connectivity index (χ0v) is 14.1. The van der Waals surface area contributed by atoms with E-state index in [1.54, 1.807) is 19.2 Å². The number of carbonyl (C=O) groups excluding carboxylic acids is 2. The number of carbonyl (C=O) groups is 2. The SMILES string of the molecule is C=CCOC(=O)/C(C#N)=C1\S[C@H](Cc2ccccn2)C(=O)N1CC. The first-order chi connectivity index (χ1) is 11.6. The van der Waals surface area contributed by atoms with Crippen LogP contribution >= 0.6 is 11.8 Å². The number of hydrogen-bond donors (Lipinski definition) is 0. The standard InChI is InChI=1S/C17H17N3O3S/c1-3-9-23-17(22)13(11-18)16-20(4-2)15(21)14(24-16)10-12-7-5-6-8-19-12/h3,5-8,14H,1,4,9-10H2,2H3/b16-13-/t14-/m1/s1. The Hall–Kier alpha value is -2.59. The molecular formula is C17H17N3O3S. The quantitative estimate of drug-likeness (QED) is 0.340. The van der Waals surface area contributed by atoms with Gasteiger partial charge in [0.1, 0.15) is 17.7 Å². The highest BCUT2D eigenvalue weighted by Crippen LogP contribution is 2.38. The van der Waals surface area contributed by atoms with Crippen molar-refractivity contribution >= 4 is 23.6 Å². The Bertz CT molecular complexity index is 710. The molecule has 1 aromatic rings. The number of aromatic nitrogens is 1. The van der Waals surface area contributed by atoms with Gasteiger partial charge in [0.05, 0.1) is 5.25 Å². The molecule has 1 atom stereocenters. The molecule has 0 bridgehead atoms. The number of nitriles is 1. The lowest BCUT2D eigenvalue weighted by Gasteiger charge is -2.15. The van der Waals surface area contributed by atoms with E-state index in [0.717, 1.165) is 5.69 Å². The van der Waals surface area contributed by atoms with Gasteiger partial charge in [0.2, 0.25) is 5.91 Å². The first kappa shape index (κ1) is 17.8. The maximum Gasteiger partial charge on any atom is 0.351 e. The molecular weight excluding hydrogens is 326 g/mol. The summed E-state index contributed by atoms with van der Waals surface area (Å²) in [6, 6.07) is 7.37. The van der Waals surface area contributed by atoms with E-state index in [-0.39, 0.29) is 18.1 Å². The van der Waals surface area contributed by atoms with E-state index in [9.17, 15) is 14.9 Å². The van der Waals surface area contributed by atoms with Crippen molar-refractivity contribution in [1.29, 1.82) is 5.26 Å². The molecule has 0 N–H and O–H groups in total. The number of pyridine rings is 1. The van der Waals surface area contributed by atoms with Crippen molar-refractivity contribution in [2.45, 2.75) is 18.6 Å². The van der Waals surface area contributed by atoms with Crippen molar-refractivity contribution in [2.75, 3.05) is 13.2 Å². The normalized spacial score (nSPS) is 18.9. The second-order valence-electron chi connectivity index (χ2n) is 4.89. The fourth-order valence-corrected chi connectivity index (χ4v) is 3.59. The molecule has 0 aromatic carbocycles. The van der Waals surface area contributed by atoms with Crippen molar-refractivity contribution < 1.29 is 14.3 Å². The van der Waals surface area contributed by atoms with Gasteiger partial charge in [-0.3, -0.25) is 9.78 Å². The molecule has 2 heterocycles. The zero-order valence-electron chi connectivity index (χ0n) is 13.3. The molecule has 0 spiro atoms. The lowest BCUT2D eigenvalue weighted by atomic mass is 10.2. The van der Waals surface area contributed by atoms with Crippen LogP contribution in [0.2, 0.25) is 0 Å². The highest BCUT2D eigenvalue weighted by Gasteiger charge is 2.39. The molecule has 1 aromatic heterocycles. The molecule has 2 rings (SSSR count). The van der Waals surface area contributed by atoms with Crippen molar-refractivity contribution in [2.24, 2.45) is 0 Å². The Labute approximate surface area is 144 Å². The first-order valence-corrected chi connectivity index (χ1v) is 8.30. The van der Waals surface area contributed by atoms with Gasteiger partial charge in [-0.15, -0.1) is 0 Å². The molecule has 0 radical (unpaired) electrons. The molecule has 6 nitrogen and oxygen atoms in total. The number of rotatable bonds is 6. The van der Waals surface area contributed by atoms with E-state index in [4.69, 9.17) is 4.74 Å². The third kappa shape index (κ3) is 3.84. The molecule has 1 amide bonds. The maximum atomic E-state index is 12.6. The van der Waals surface area contributed by atoms with E-state index in [1.807, 2.05) is 18.2 Å². The Morgan fingerprint density at radius 1 is 1.58 bits per heavy atom. The molecule has 1 fully saturated rings. The van der Waals surface area contributed by atoms with Crippen LogP contribution in [-0.4, -0.2) is 40.2 Å². The number of ether oxygens (including phenoxy) is 1. The Kier molecular flexibility index (Phi) is 6.15. The van der Waals surface area contributed by atoms with Gasteiger partial charge in [0, 0.05) is 24.9 Å². The summed E-state index contributed by atoms with van der Waals surface area (Å²) in [4.78, 5) is 30.3. The molecule has 124 valence electrons. The predicted molar refractivity (Wildman–Crippen MR) is 90.5 cm³/mol. The summed E-state index contributed by atoms with van der Waals surface area (Å²) < 4.78 is 4.94. The van der Waals surface area contributed by atoms with Crippen LogP contribution < -0.4 is 0 Å². The Morgan fingerprint density at radius 3 is 2.96 bits per heavy atom. The van der Waals surface area contributed by atoms with Crippen molar-refractivity contribution in [3.05, 3.63) is 53.3 Å². The van der Waals surface area contributed by atoms with Crippen LogP contribution in [0.1, 0.15) is 12.6 Å². The third-order valence-electron chi connectivity index (χ3n) is 3.34. The number of nitrogens with zero attached hydrogens (tertiary/aromatic N) is 3. The van der Waals surface area contributed by atoms with Gasteiger partial charge in [0.15, 0.2) is 5.57 Å². The fraction of sp³-hybridized carbons (Fsp3) is 0.294. The summed E-state index contributed by atoms with van der Waals surface area (Å²) in [6.07, 6.45) is 3.53. The van der Waals surface area contributed by atoms with Crippen LogP contribution in [0.5, 0.6) is 0 Å². The predicted octanol–water partition coefficient (Wildman–Crippen LogP) is 2.05. The van der Waals surface area contributed by atoms with Gasteiger partial charge in [-0.05, 0) is 19.1 Å². The minimum atomic E-state index is -0.746. The first-order valence-electron chi connectivity index (χ1n) is 7.42. The molecule has 7 heteroatoms. The Morgan fingerprint density at radius 2 is 2.38 bits per heavy atom. The second-order valence-corrected chi connectivity index (χ2v) is 6.08. The van der Waals surface area contributed by atoms with E-state index in [2.05, 4.69) is 11.6 Å². The monoisotopic (exact) mass is 343 g/mol. The van der Waals surface area contributed by atoms with Gasteiger partial charge in [-0.2, -0.15) is 5.26 Å². The molecule has 24 heavy (non-hydrogen) atoms. The minimum Gasteiger partial charge on any atom is -0.457 e. The van der Waals surface area contributed by atoms with Crippen LogP contribution in [0.25, 0.3) is 0 Å². The maximum absolute atomic E-state index is 12.6. The third-order valence-corrected chi connectivity index (χ3v) is 4.64. The Balaban J connectivity index is 2.27. The summed E-state index contributed by atoms with van der Waals surface area (Å²) in [7, 11) is 0. The summed E-state index contributed by atoms with van der Waals surface area (Å²) in [5.74, 6) is -0.878. The smallest absolute Gasteiger partial charge is 0.351 e. The molecule has 1 saturated heterocycles. The molecule has 0 unspecified atom stereocenters. The lowest BCUT2D eigenvalue weighted by molar-refractivity contribution is -0.137. The van der Waals surface area contributed by atoms with Gasteiger partial charge in [0.25, 0.3) is 0 Å². The average Bonchev–Trinajstić information content (AvgIpc) is 2.90. The van der Waals surface area contributed by atoms with E-state index in [1.165, 1.54) is 22.7 Å². The van der Waals surface area contributed by atoms with Crippen molar-refractivity contribution in [3.8, 4) is 6.07 Å². The summed E-state index contributed by atoms with van der Waals surface area (Å²) in [5.41, 5.74) is 0.633. The average molecular weight is 343 g/mol. The molecule has 1 aliphatic heterocycles. The lowest BCUT2D eigenvalue weighted by Crippen LogP contribution is -2.30. The number of esters is 1. The van der Waals surface area contributed by atoms with Gasteiger partial charge < -0.3 is 9.64 Å². The number of hydrogen-bond acceptors (Lipinski definition) is 6. The summed E-state index contributed by atoms with van der Waals surface area (Å²) >= 11 is 1.21. The molecule has 1 aliphatic rings. The van der Waals surface area contributed by atoms with Gasteiger partial charge in [-0.1, -0.05) is 30.5 Å². The number of amides is 1. The molecule has 0 saturated carbocycles. The van der Waals surface area contributed by atoms with Gasteiger partial charge >= 0.3 is 5.97 Å². The zero-order chi connectivity index (χ0) is 17.5. The van der Waals surface area contributed by atoms with Crippen LogP contribution in [-0.2, 0) is 20.7 Å². The topological polar surface area (TPSA) is 83.3 Å². The second kappa shape index (κ2) is 8.31. The summed E-state index contributed by atoms with van der Waals surface area (Å²) in [6.45, 7) is 5.65. The summed E-state index contributed by atoms with van der Waals surface area (Å²) in [5, 5.41) is 9.27. The van der Waals surface area contributed by atoms with Crippen molar-refractivity contribution in [1.82, 2.24) is 9.88 Å². The van der Waals surface area contributed by atoms with Gasteiger partial charge in [-0.25, -0.2) is 4.79 Å². The van der Waals surface area contributed by atoms with E-state index in [0.29, 0.717) is 18.0 Å². The fourth-order valence-electron chi connectivity index (χ4n) is 2.24. The van der Waals surface area contributed by atoms with Crippen LogP contribution in [0.3, 0.4) is 0 Å². The van der Waals surface area contributed by atoms with Crippen LogP contribution in [0.15, 0.2) is 47.7 Å².